The van der Waals surface area contributed by atoms with Crippen LogP contribution in [0.5, 0.6) is 11.5 Å². The van der Waals surface area contributed by atoms with Crippen molar-refractivity contribution in [3.05, 3.63) is 77.1 Å². The summed E-state index contributed by atoms with van der Waals surface area (Å²) in [5.41, 5.74) is 2.21. The first kappa shape index (κ1) is 36.0. The van der Waals surface area contributed by atoms with Crippen molar-refractivity contribution in [2.45, 2.75) is 104 Å². The van der Waals surface area contributed by atoms with Gasteiger partial charge in [0, 0.05) is 41.8 Å². The van der Waals surface area contributed by atoms with Crippen LogP contribution in [0.1, 0.15) is 96.6 Å². The Morgan fingerprint density at radius 2 is 1.71 bits per heavy atom. The van der Waals surface area contributed by atoms with Crippen molar-refractivity contribution in [3.63, 3.8) is 0 Å². The Morgan fingerprint density at radius 3 is 2.43 bits per heavy atom. The van der Waals surface area contributed by atoms with E-state index >= 15 is 4.39 Å². The van der Waals surface area contributed by atoms with E-state index in [-0.39, 0.29) is 18.5 Å². The Hall–Kier alpha value is -4.31. The minimum Gasteiger partial charge on any atom is -0.491 e. The van der Waals surface area contributed by atoms with E-state index in [0.29, 0.717) is 59.0 Å². The maximum atomic E-state index is 16.4. The second-order valence-electron chi connectivity index (χ2n) is 14.6. The van der Waals surface area contributed by atoms with Crippen LogP contribution >= 0.6 is 0 Å². The van der Waals surface area contributed by atoms with Crippen molar-refractivity contribution >= 4 is 17.7 Å². The molecule has 2 aliphatic rings. The molecule has 2 aliphatic heterocycles. The number of nitrogens with one attached hydrogen (secondary N) is 2. The van der Waals surface area contributed by atoms with Crippen LogP contribution in [0.15, 0.2) is 54.6 Å². The molecule has 1 fully saturated rings. The summed E-state index contributed by atoms with van der Waals surface area (Å²) in [6.07, 6.45) is 1.57. The van der Waals surface area contributed by atoms with Gasteiger partial charge in [-0.3, -0.25) is 4.79 Å². The molecule has 2 N–H and O–H groups in total. The molecular weight excluding hydrogens is 627 g/mol. The van der Waals surface area contributed by atoms with Gasteiger partial charge in [-0.2, -0.15) is 0 Å². The summed E-state index contributed by atoms with van der Waals surface area (Å²) >= 11 is 0. The molecule has 10 heteroatoms. The minimum absolute atomic E-state index is 0.0608. The number of carbonyl (C=O) groups is 2. The number of carbonyl (C=O) groups excluding carboxylic acids is 2. The maximum Gasteiger partial charge on any atom is 0.408 e. The summed E-state index contributed by atoms with van der Waals surface area (Å²) in [5.74, 6) is 0.414. The predicted molar refractivity (Wildman–Crippen MR) is 187 cm³/mol. The van der Waals surface area contributed by atoms with Crippen LogP contribution < -0.4 is 20.1 Å². The van der Waals surface area contributed by atoms with Gasteiger partial charge in [0.05, 0.1) is 30.9 Å². The quantitative estimate of drug-likeness (QED) is 0.206. The van der Waals surface area contributed by atoms with Gasteiger partial charge in [-0.05, 0) is 85.1 Å². The number of fused-ring (bicyclic) bond motifs is 1. The van der Waals surface area contributed by atoms with Crippen molar-refractivity contribution in [2.24, 2.45) is 0 Å². The molecule has 1 amide bonds. The fraction of sp³-hybridized carbons (Fsp3) is 0.487. The first-order valence-corrected chi connectivity index (χ1v) is 17.1. The second kappa shape index (κ2) is 15.1. The largest absolute Gasteiger partial charge is 0.491 e. The molecule has 0 bridgehead atoms. The lowest BCUT2D eigenvalue weighted by molar-refractivity contribution is -0.153. The zero-order chi connectivity index (χ0) is 35.3. The highest BCUT2D eigenvalue weighted by molar-refractivity contribution is 5.76. The Labute approximate surface area is 288 Å². The van der Waals surface area contributed by atoms with Crippen LogP contribution in [-0.2, 0) is 25.4 Å². The molecule has 0 spiro atoms. The van der Waals surface area contributed by atoms with Gasteiger partial charge in [-0.15, -0.1) is 0 Å². The molecule has 3 atom stereocenters. The summed E-state index contributed by atoms with van der Waals surface area (Å²) in [7, 11) is 0. The molecule has 2 heterocycles. The van der Waals surface area contributed by atoms with Crippen LogP contribution in [0.2, 0.25) is 0 Å². The average molecular weight is 677 g/mol. The lowest BCUT2D eigenvalue weighted by Gasteiger charge is -2.30. The van der Waals surface area contributed by atoms with Crippen LogP contribution in [0, 0.1) is 5.82 Å². The van der Waals surface area contributed by atoms with Gasteiger partial charge >= 0.3 is 12.1 Å². The third-order valence-electron chi connectivity index (χ3n) is 8.17. The zero-order valence-corrected chi connectivity index (χ0v) is 29.6. The van der Waals surface area contributed by atoms with E-state index in [1.54, 1.807) is 45.9 Å². The summed E-state index contributed by atoms with van der Waals surface area (Å²) < 4.78 is 46.1. The highest BCUT2D eigenvalue weighted by Gasteiger charge is 2.30. The molecule has 9 nitrogen and oxygen atoms in total. The molecule has 49 heavy (non-hydrogen) atoms. The minimum atomic E-state index is -0.683. The topological polar surface area (TPSA) is 104 Å². The predicted octanol–water partition coefficient (Wildman–Crippen LogP) is 8.46. The smallest absolute Gasteiger partial charge is 0.408 e. The fourth-order valence-electron chi connectivity index (χ4n) is 6.03. The van der Waals surface area contributed by atoms with Crippen molar-refractivity contribution in [2.75, 3.05) is 25.1 Å². The van der Waals surface area contributed by atoms with Gasteiger partial charge in [-0.1, -0.05) is 36.4 Å². The molecule has 0 aromatic heterocycles. The first-order valence-electron chi connectivity index (χ1n) is 17.1. The molecule has 3 aromatic rings. The molecule has 3 aromatic carbocycles. The molecular formula is C39H49FN2O7. The molecule has 5 rings (SSSR count). The fourth-order valence-corrected chi connectivity index (χ4v) is 6.03. The maximum absolute atomic E-state index is 16.4. The number of amides is 1. The lowest BCUT2D eigenvalue weighted by Crippen LogP contribution is -2.34. The number of rotatable bonds is 10. The first-order chi connectivity index (χ1) is 23.2. The SMILES string of the molecule is CC(NC(=O)OC(C)(C)C)c1cccc(-c2cc(NCC3CCCO3)c3c(c2)C(Oc2ccccc2CC(=O)OC(C)(C)C)CCO3)c1F. The van der Waals surface area contributed by atoms with E-state index in [1.165, 1.54) is 0 Å². The highest BCUT2D eigenvalue weighted by atomic mass is 19.1. The Kier molecular flexibility index (Phi) is 11.1. The normalized spacial score (nSPS) is 18.1. The van der Waals surface area contributed by atoms with Crippen molar-refractivity contribution in [1.29, 1.82) is 0 Å². The molecule has 0 saturated carbocycles. The Balaban J connectivity index is 1.49. The van der Waals surface area contributed by atoms with Crippen LogP contribution in [0.3, 0.4) is 0 Å². The zero-order valence-electron chi connectivity index (χ0n) is 29.6. The lowest BCUT2D eigenvalue weighted by atomic mass is 9.93. The van der Waals surface area contributed by atoms with E-state index in [0.717, 1.165) is 25.0 Å². The molecule has 264 valence electrons. The monoisotopic (exact) mass is 676 g/mol. The Morgan fingerprint density at radius 1 is 0.959 bits per heavy atom. The third-order valence-corrected chi connectivity index (χ3v) is 8.17. The highest BCUT2D eigenvalue weighted by Crippen LogP contribution is 2.44. The molecule has 0 radical (unpaired) electrons. The number of para-hydroxylation sites is 1. The summed E-state index contributed by atoms with van der Waals surface area (Å²) in [5, 5.41) is 6.26. The number of halogens is 1. The van der Waals surface area contributed by atoms with Crippen molar-refractivity contribution < 1.29 is 37.7 Å². The van der Waals surface area contributed by atoms with Gasteiger partial charge in [-0.25, -0.2) is 9.18 Å². The number of esters is 1. The van der Waals surface area contributed by atoms with Gasteiger partial charge in [0.15, 0.2) is 0 Å². The average Bonchev–Trinajstić information content (AvgIpc) is 3.53. The van der Waals surface area contributed by atoms with Crippen molar-refractivity contribution in [3.8, 4) is 22.6 Å². The number of anilines is 1. The van der Waals surface area contributed by atoms with E-state index in [2.05, 4.69) is 10.6 Å². The Bertz CT molecular complexity index is 1640. The van der Waals surface area contributed by atoms with Gasteiger partial charge in [0.25, 0.3) is 0 Å². The van der Waals surface area contributed by atoms with Gasteiger partial charge in [0.2, 0.25) is 0 Å². The number of benzene rings is 3. The van der Waals surface area contributed by atoms with Gasteiger partial charge in [0.1, 0.15) is 34.6 Å². The van der Waals surface area contributed by atoms with E-state index < -0.39 is 35.3 Å². The molecule has 3 unspecified atom stereocenters. The van der Waals surface area contributed by atoms with Crippen molar-refractivity contribution in [1.82, 2.24) is 5.32 Å². The van der Waals surface area contributed by atoms with Crippen LogP contribution in [0.4, 0.5) is 14.9 Å². The summed E-state index contributed by atoms with van der Waals surface area (Å²) in [6.45, 7) is 14.3. The van der Waals surface area contributed by atoms with Crippen LogP contribution in [0.25, 0.3) is 11.1 Å². The standard InChI is InChI=1S/C39H49FN2O7/c1-24(42-37(44)49-39(5,6)7)28-14-10-15-29(35(28)40)26-20-30-33(17-19-46-36(30)31(21-26)41-23-27-13-11-18-45-27)47-32-16-9-8-12-25(32)22-34(43)48-38(2,3)4/h8-10,12,14-16,20-21,24,27,33,41H,11,13,17-19,22-23H2,1-7H3,(H,42,44). The molecule has 0 aliphatic carbocycles. The molecule has 1 saturated heterocycles. The number of hydrogen-bond acceptors (Lipinski definition) is 8. The number of alkyl carbamates (subject to hydrolysis) is 1. The van der Waals surface area contributed by atoms with Crippen LogP contribution in [-0.4, -0.2) is 49.1 Å². The third kappa shape index (κ3) is 9.65. The second-order valence-corrected chi connectivity index (χ2v) is 14.6. The summed E-state index contributed by atoms with van der Waals surface area (Å²) in [6, 6.07) is 15.7. The number of hydrogen-bond donors (Lipinski definition) is 2. The van der Waals surface area contributed by atoms with E-state index in [4.69, 9.17) is 23.7 Å². The van der Waals surface area contributed by atoms with Gasteiger partial charge < -0.3 is 34.3 Å². The summed E-state index contributed by atoms with van der Waals surface area (Å²) in [4.78, 5) is 25.2. The number of ether oxygens (including phenoxy) is 5. The van der Waals surface area contributed by atoms with E-state index in [9.17, 15) is 9.59 Å². The van der Waals surface area contributed by atoms with E-state index in [1.807, 2.05) is 57.2 Å².